The third kappa shape index (κ3) is 2.03. The second-order valence-electron chi connectivity index (χ2n) is 3.67. The maximum absolute atomic E-state index is 13.0. The molecule has 96 valence electrons. The van der Waals surface area contributed by atoms with Gasteiger partial charge in [0.1, 0.15) is 5.82 Å². The van der Waals surface area contributed by atoms with Crippen molar-refractivity contribution in [1.82, 2.24) is 9.78 Å². The van der Waals surface area contributed by atoms with Crippen LogP contribution in [0.5, 0.6) is 5.75 Å². The van der Waals surface area contributed by atoms with Crippen LogP contribution in [0.25, 0.3) is 5.69 Å². The maximum atomic E-state index is 13.0. The van der Waals surface area contributed by atoms with Crippen LogP contribution in [0.15, 0.2) is 24.3 Å². The van der Waals surface area contributed by atoms with Gasteiger partial charge in [-0.25, -0.2) is 9.07 Å². The number of alkyl halides is 3. The van der Waals surface area contributed by atoms with Gasteiger partial charge in [-0.15, -0.1) is 0 Å². The molecule has 0 amide bonds. The standard InChI is InChI=1S/C11H8F4N2O/c1-6-9(18)10(11(13,14)15)16-17(6)8-4-2-3-7(12)5-8/h2-5,18H,1H3. The van der Waals surface area contributed by atoms with Gasteiger partial charge in [0.15, 0.2) is 5.75 Å². The first-order valence-electron chi connectivity index (χ1n) is 4.92. The Bertz CT molecular complexity index is 589. The van der Waals surface area contributed by atoms with Crippen molar-refractivity contribution in [2.24, 2.45) is 0 Å². The first kappa shape index (κ1) is 12.4. The van der Waals surface area contributed by atoms with Gasteiger partial charge in [0.2, 0.25) is 5.69 Å². The van der Waals surface area contributed by atoms with E-state index < -0.39 is 23.4 Å². The number of aromatic hydroxyl groups is 1. The van der Waals surface area contributed by atoms with Gasteiger partial charge in [0.05, 0.1) is 11.4 Å². The summed E-state index contributed by atoms with van der Waals surface area (Å²) in [5, 5.41) is 12.7. The van der Waals surface area contributed by atoms with Crippen molar-refractivity contribution >= 4 is 0 Å². The largest absolute Gasteiger partial charge is 0.504 e. The fourth-order valence-electron chi connectivity index (χ4n) is 1.54. The fraction of sp³-hybridized carbons (Fsp3) is 0.182. The van der Waals surface area contributed by atoms with Crippen molar-refractivity contribution in [2.75, 3.05) is 0 Å². The van der Waals surface area contributed by atoms with E-state index >= 15 is 0 Å². The molecular weight excluding hydrogens is 252 g/mol. The molecule has 0 aliphatic heterocycles. The van der Waals surface area contributed by atoms with Gasteiger partial charge in [0, 0.05) is 0 Å². The van der Waals surface area contributed by atoms with Gasteiger partial charge >= 0.3 is 6.18 Å². The van der Waals surface area contributed by atoms with E-state index in [9.17, 15) is 22.7 Å². The summed E-state index contributed by atoms with van der Waals surface area (Å²) in [5.41, 5.74) is -1.38. The molecule has 2 aromatic rings. The van der Waals surface area contributed by atoms with Crippen molar-refractivity contribution in [3.63, 3.8) is 0 Å². The molecule has 1 aromatic heterocycles. The van der Waals surface area contributed by atoms with Crippen LogP contribution in [0.3, 0.4) is 0 Å². The highest BCUT2D eigenvalue weighted by Gasteiger charge is 2.39. The predicted octanol–water partition coefficient (Wildman–Crippen LogP) is 3.04. The average molecular weight is 260 g/mol. The summed E-state index contributed by atoms with van der Waals surface area (Å²) in [7, 11) is 0. The molecule has 0 aliphatic carbocycles. The Hall–Kier alpha value is -2.05. The molecule has 0 bridgehead atoms. The first-order valence-corrected chi connectivity index (χ1v) is 4.92. The van der Waals surface area contributed by atoms with Gasteiger partial charge in [-0.05, 0) is 25.1 Å². The lowest BCUT2D eigenvalue weighted by atomic mass is 10.3. The molecule has 0 saturated heterocycles. The molecule has 2 rings (SSSR count). The summed E-state index contributed by atoms with van der Waals surface area (Å²) in [6, 6.07) is 4.92. The lowest BCUT2D eigenvalue weighted by Gasteiger charge is -2.03. The molecule has 1 heterocycles. The van der Waals surface area contributed by atoms with E-state index in [1.54, 1.807) is 0 Å². The van der Waals surface area contributed by atoms with Crippen molar-refractivity contribution in [2.45, 2.75) is 13.1 Å². The van der Waals surface area contributed by atoms with Crippen LogP contribution >= 0.6 is 0 Å². The second-order valence-corrected chi connectivity index (χ2v) is 3.67. The van der Waals surface area contributed by atoms with Crippen LogP contribution in [0.2, 0.25) is 0 Å². The van der Waals surface area contributed by atoms with Crippen LogP contribution in [-0.2, 0) is 6.18 Å². The Balaban J connectivity index is 2.60. The fourth-order valence-corrected chi connectivity index (χ4v) is 1.54. The van der Waals surface area contributed by atoms with Crippen LogP contribution in [-0.4, -0.2) is 14.9 Å². The first-order chi connectivity index (χ1) is 8.30. The van der Waals surface area contributed by atoms with E-state index in [2.05, 4.69) is 5.10 Å². The van der Waals surface area contributed by atoms with E-state index in [0.717, 1.165) is 16.8 Å². The van der Waals surface area contributed by atoms with Gasteiger partial charge in [-0.2, -0.15) is 18.3 Å². The minimum atomic E-state index is -4.76. The highest BCUT2D eigenvalue weighted by atomic mass is 19.4. The summed E-state index contributed by atoms with van der Waals surface area (Å²) < 4.78 is 51.4. The van der Waals surface area contributed by atoms with Crippen molar-refractivity contribution < 1.29 is 22.7 Å². The molecule has 0 atom stereocenters. The quantitative estimate of drug-likeness (QED) is 0.800. The Morgan fingerprint density at radius 1 is 1.28 bits per heavy atom. The SMILES string of the molecule is Cc1c(O)c(C(F)(F)F)nn1-c1cccc(F)c1. The third-order valence-electron chi connectivity index (χ3n) is 2.41. The number of benzene rings is 1. The Kier molecular flexibility index (Phi) is 2.76. The van der Waals surface area contributed by atoms with E-state index in [0.29, 0.717) is 0 Å². The maximum Gasteiger partial charge on any atom is 0.438 e. The predicted molar refractivity (Wildman–Crippen MR) is 54.9 cm³/mol. The number of hydrogen-bond donors (Lipinski definition) is 1. The van der Waals surface area contributed by atoms with E-state index in [-0.39, 0.29) is 11.4 Å². The summed E-state index contributed by atoms with van der Waals surface area (Å²) in [5.74, 6) is -1.55. The highest BCUT2D eigenvalue weighted by molar-refractivity contribution is 5.41. The van der Waals surface area contributed by atoms with Gasteiger partial charge in [-0.3, -0.25) is 0 Å². The molecule has 1 N–H and O–H groups in total. The van der Waals surface area contributed by atoms with Crippen LogP contribution in [0.1, 0.15) is 11.4 Å². The topological polar surface area (TPSA) is 38.1 Å². The van der Waals surface area contributed by atoms with E-state index in [1.807, 2.05) is 0 Å². The molecule has 3 nitrogen and oxygen atoms in total. The zero-order valence-electron chi connectivity index (χ0n) is 9.16. The van der Waals surface area contributed by atoms with E-state index in [1.165, 1.54) is 19.1 Å². The number of nitrogens with zero attached hydrogens (tertiary/aromatic N) is 2. The molecule has 7 heteroatoms. The minimum absolute atomic E-state index is 0.104. The van der Waals surface area contributed by atoms with Crippen molar-refractivity contribution in [3.8, 4) is 11.4 Å². The van der Waals surface area contributed by atoms with Gasteiger partial charge in [0.25, 0.3) is 0 Å². The summed E-state index contributed by atoms with van der Waals surface area (Å²) in [4.78, 5) is 0. The molecule has 0 spiro atoms. The van der Waals surface area contributed by atoms with Crippen molar-refractivity contribution in [3.05, 3.63) is 41.5 Å². The van der Waals surface area contributed by atoms with Crippen LogP contribution < -0.4 is 0 Å². The Morgan fingerprint density at radius 3 is 2.44 bits per heavy atom. The number of rotatable bonds is 1. The smallest absolute Gasteiger partial charge is 0.438 e. The molecule has 0 aliphatic rings. The lowest BCUT2D eigenvalue weighted by Crippen LogP contribution is -2.07. The number of aromatic nitrogens is 2. The van der Waals surface area contributed by atoms with Gasteiger partial charge < -0.3 is 5.11 Å². The second kappa shape index (κ2) is 4.01. The summed E-state index contributed by atoms with van der Waals surface area (Å²) in [6.07, 6.45) is -4.76. The normalized spacial score (nSPS) is 11.8. The monoisotopic (exact) mass is 260 g/mol. The van der Waals surface area contributed by atoms with Gasteiger partial charge in [-0.1, -0.05) is 6.07 Å². The highest BCUT2D eigenvalue weighted by Crippen LogP contribution is 2.37. The Labute approximate surface area is 99.3 Å². The molecule has 0 radical (unpaired) electrons. The molecule has 18 heavy (non-hydrogen) atoms. The van der Waals surface area contributed by atoms with Crippen LogP contribution in [0, 0.1) is 12.7 Å². The molecule has 0 fully saturated rings. The molecule has 0 unspecified atom stereocenters. The van der Waals surface area contributed by atoms with E-state index in [4.69, 9.17) is 0 Å². The van der Waals surface area contributed by atoms with Crippen LogP contribution in [0.4, 0.5) is 17.6 Å². The lowest BCUT2D eigenvalue weighted by molar-refractivity contribution is -0.142. The number of hydrogen-bond acceptors (Lipinski definition) is 2. The third-order valence-corrected chi connectivity index (χ3v) is 2.41. The number of halogens is 4. The zero-order chi connectivity index (χ0) is 13.5. The molecule has 0 saturated carbocycles. The molecular formula is C11H8F4N2O. The molecule has 1 aromatic carbocycles. The zero-order valence-corrected chi connectivity index (χ0v) is 9.16. The summed E-state index contributed by atoms with van der Waals surface area (Å²) >= 11 is 0. The summed E-state index contributed by atoms with van der Waals surface area (Å²) in [6.45, 7) is 1.27. The average Bonchev–Trinajstić information content (AvgIpc) is 2.55. The Morgan fingerprint density at radius 2 is 1.94 bits per heavy atom. The minimum Gasteiger partial charge on any atom is -0.504 e. The van der Waals surface area contributed by atoms with Crippen molar-refractivity contribution in [1.29, 1.82) is 0 Å².